The highest BCUT2D eigenvalue weighted by Gasteiger charge is 2.11. The van der Waals surface area contributed by atoms with Gasteiger partial charge in [-0.2, -0.15) is 0 Å². The van der Waals surface area contributed by atoms with E-state index < -0.39 is 11.9 Å². The minimum Gasteiger partial charge on any atom is -0.489 e. The molecule has 0 heterocycles. The van der Waals surface area contributed by atoms with Crippen LogP contribution in [0, 0.1) is 0 Å². The molecule has 0 spiro atoms. The van der Waals surface area contributed by atoms with Crippen LogP contribution in [0.1, 0.15) is 46.3 Å². The minimum atomic E-state index is -0.943. The first kappa shape index (κ1) is 26.4. The molecule has 2 N–H and O–H groups in total. The van der Waals surface area contributed by atoms with Crippen LogP contribution in [-0.4, -0.2) is 40.1 Å². The van der Waals surface area contributed by atoms with E-state index >= 15 is 0 Å². The molecular formula is C28H30BrNO5. The summed E-state index contributed by atoms with van der Waals surface area (Å²) in [6.07, 6.45) is 2.34. The van der Waals surface area contributed by atoms with E-state index in [-0.39, 0.29) is 12.0 Å². The fourth-order valence-electron chi connectivity index (χ4n) is 3.76. The van der Waals surface area contributed by atoms with Crippen molar-refractivity contribution in [2.75, 3.05) is 13.1 Å². The van der Waals surface area contributed by atoms with Gasteiger partial charge >= 0.3 is 11.9 Å². The molecule has 3 aromatic rings. The summed E-state index contributed by atoms with van der Waals surface area (Å²) >= 11 is 3.45. The molecule has 35 heavy (non-hydrogen) atoms. The molecule has 6 nitrogen and oxygen atoms in total. The first-order chi connectivity index (χ1) is 16.9. The molecule has 0 fully saturated rings. The number of carboxylic acid groups (broad SMARTS) is 2. The van der Waals surface area contributed by atoms with Gasteiger partial charge in [-0.05, 0) is 72.8 Å². The number of benzene rings is 3. The number of hydrogen-bond donors (Lipinski definition) is 2. The lowest BCUT2D eigenvalue weighted by atomic mass is 10.1. The third-order valence-corrected chi connectivity index (χ3v) is 6.23. The van der Waals surface area contributed by atoms with Gasteiger partial charge in [0.05, 0.1) is 5.56 Å². The summed E-state index contributed by atoms with van der Waals surface area (Å²) in [5.74, 6) is -0.869. The van der Waals surface area contributed by atoms with Crippen LogP contribution in [0.5, 0.6) is 5.75 Å². The van der Waals surface area contributed by atoms with Gasteiger partial charge in [0.25, 0.3) is 0 Å². The van der Waals surface area contributed by atoms with E-state index in [0.717, 1.165) is 52.8 Å². The van der Waals surface area contributed by atoms with Crippen molar-refractivity contribution >= 4 is 27.9 Å². The Morgan fingerprint density at radius 2 is 1.51 bits per heavy atom. The van der Waals surface area contributed by atoms with Gasteiger partial charge in [-0.25, -0.2) is 4.79 Å². The SMILES string of the molecule is O=C(O)CCCCN(CCc1ccccc1OCc1ccc(Br)cc1)Cc1ccc(C(=O)O)cc1. The fraction of sp³-hybridized carbons (Fsp3) is 0.286. The fourth-order valence-corrected chi connectivity index (χ4v) is 4.03. The van der Waals surface area contributed by atoms with Crippen LogP contribution < -0.4 is 4.74 Å². The molecule has 0 radical (unpaired) electrons. The zero-order chi connectivity index (χ0) is 25.0. The van der Waals surface area contributed by atoms with Crippen molar-refractivity contribution in [2.24, 2.45) is 0 Å². The molecule has 0 aliphatic rings. The topological polar surface area (TPSA) is 87.1 Å². The third kappa shape index (κ3) is 9.19. The minimum absolute atomic E-state index is 0.161. The summed E-state index contributed by atoms with van der Waals surface area (Å²) in [5.41, 5.74) is 3.49. The highest BCUT2D eigenvalue weighted by atomic mass is 79.9. The predicted molar refractivity (Wildman–Crippen MR) is 139 cm³/mol. The van der Waals surface area contributed by atoms with Crippen molar-refractivity contribution in [3.05, 3.63) is 99.5 Å². The Bertz CT molecular complexity index is 1100. The quantitative estimate of drug-likeness (QED) is 0.243. The average molecular weight is 540 g/mol. The van der Waals surface area contributed by atoms with E-state index in [1.807, 2.05) is 54.6 Å². The first-order valence-corrected chi connectivity index (χ1v) is 12.4. The Balaban J connectivity index is 1.63. The second kappa shape index (κ2) is 13.7. The van der Waals surface area contributed by atoms with Gasteiger partial charge in [-0.1, -0.05) is 58.4 Å². The van der Waals surface area contributed by atoms with Crippen LogP contribution in [0.2, 0.25) is 0 Å². The smallest absolute Gasteiger partial charge is 0.335 e. The Hall–Kier alpha value is -3.16. The maximum atomic E-state index is 11.1. The second-order valence-electron chi connectivity index (χ2n) is 8.40. The number of ether oxygens (including phenoxy) is 1. The van der Waals surface area contributed by atoms with E-state index in [4.69, 9.17) is 14.9 Å². The summed E-state index contributed by atoms with van der Waals surface area (Å²) in [7, 11) is 0. The molecular weight excluding hydrogens is 510 g/mol. The lowest BCUT2D eigenvalue weighted by Gasteiger charge is -2.23. The maximum absolute atomic E-state index is 11.1. The Morgan fingerprint density at radius 1 is 0.829 bits per heavy atom. The standard InChI is InChI=1S/C28H30BrNO5/c29-25-14-10-22(11-15-25)20-35-26-6-2-1-5-23(26)16-18-30(17-4-3-7-27(31)32)19-21-8-12-24(13-9-21)28(33)34/h1-2,5-6,8-15H,3-4,7,16-20H2,(H,31,32)(H,33,34). The van der Waals surface area contributed by atoms with Crippen LogP contribution >= 0.6 is 15.9 Å². The van der Waals surface area contributed by atoms with E-state index in [2.05, 4.69) is 26.9 Å². The van der Waals surface area contributed by atoms with Crippen molar-refractivity contribution in [2.45, 2.75) is 38.8 Å². The van der Waals surface area contributed by atoms with Gasteiger partial charge in [-0.15, -0.1) is 0 Å². The van der Waals surface area contributed by atoms with Crippen LogP contribution in [0.4, 0.5) is 0 Å². The summed E-state index contributed by atoms with van der Waals surface area (Å²) in [5, 5.41) is 18.1. The normalized spacial score (nSPS) is 10.9. The van der Waals surface area contributed by atoms with Crippen LogP contribution in [0.25, 0.3) is 0 Å². The summed E-state index contributed by atoms with van der Waals surface area (Å²) in [4.78, 5) is 24.3. The maximum Gasteiger partial charge on any atom is 0.335 e. The lowest BCUT2D eigenvalue weighted by molar-refractivity contribution is -0.137. The molecule has 184 valence electrons. The van der Waals surface area contributed by atoms with E-state index in [1.54, 1.807) is 12.1 Å². The number of para-hydroxylation sites is 1. The molecule has 0 saturated heterocycles. The van der Waals surface area contributed by atoms with Gasteiger partial charge < -0.3 is 14.9 Å². The number of halogens is 1. The van der Waals surface area contributed by atoms with Gasteiger partial charge in [0.2, 0.25) is 0 Å². The number of aliphatic carboxylic acids is 1. The molecule has 0 unspecified atom stereocenters. The molecule has 0 aromatic heterocycles. The molecule has 0 aliphatic carbocycles. The van der Waals surface area contributed by atoms with E-state index in [9.17, 15) is 9.59 Å². The zero-order valence-electron chi connectivity index (χ0n) is 19.5. The summed E-state index contributed by atoms with van der Waals surface area (Å²) in [6.45, 7) is 2.68. The van der Waals surface area contributed by atoms with E-state index in [1.165, 1.54) is 0 Å². The third-order valence-electron chi connectivity index (χ3n) is 5.70. The zero-order valence-corrected chi connectivity index (χ0v) is 21.1. The molecule has 3 aromatic carbocycles. The molecule has 0 atom stereocenters. The predicted octanol–water partition coefficient (Wildman–Crippen LogP) is 6.03. The van der Waals surface area contributed by atoms with Gasteiger partial charge in [0, 0.05) is 24.0 Å². The Labute approximate surface area is 214 Å². The van der Waals surface area contributed by atoms with Crippen LogP contribution in [-0.2, 0) is 24.4 Å². The van der Waals surface area contributed by atoms with Crippen molar-refractivity contribution in [1.29, 1.82) is 0 Å². The molecule has 3 rings (SSSR count). The van der Waals surface area contributed by atoms with Crippen LogP contribution in [0.3, 0.4) is 0 Å². The number of unbranched alkanes of at least 4 members (excludes halogenated alkanes) is 1. The van der Waals surface area contributed by atoms with Crippen molar-refractivity contribution in [3.8, 4) is 5.75 Å². The monoisotopic (exact) mass is 539 g/mol. The molecule has 0 saturated carbocycles. The summed E-state index contributed by atoms with van der Waals surface area (Å²) in [6, 6.07) is 23.0. The molecule has 7 heteroatoms. The average Bonchev–Trinajstić information content (AvgIpc) is 2.85. The number of nitrogens with zero attached hydrogens (tertiary/aromatic N) is 1. The largest absolute Gasteiger partial charge is 0.489 e. The number of carboxylic acids is 2. The Kier molecular flexibility index (Phi) is 10.3. The van der Waals surface area contributed by atoms with Crippen molar-refractivity contribution in [3.63, 3.8) is 0 Å². The van der Waals surface area contributed by atoms with Crippen LogP contribution in [0.15, 0.2) is 77.3 Å². The van der Waals surface area contributed by atoms with Gasteiger partial charge in [0.15, 0.2) is 0 Å². The summed E-state index contributed by atoms with van der Waals surface area (Å²) < 4.78 is 7.15. The number of hydrogen-bond acceptors (Lipinski definition) is 4. The number of aromatic carboxylic acids is 1. The van der Waals surface area contributed by atoms with Gasteiger partial charge in [0.1, 0.15) is 12.4 Å². The Morgan fingerprint density at radius 3 is 2.20 bits per heavy atom. The van der Waals surface area contributed by atoms with Gasteiger partial charge in [-0.3, -0.25) is 9.69 Å². The lowest BCUT2D eigenvalue weighted by Crippen LogP contribution is -2.27. The molecule has 0 amide bonds. The first-order valence-electron chi connectivity index (χ1n) is 11.6. The molecule has 0 bridgehead atoms. The highest BCUT2D eigenvalue weighted by molar-refractivity contribution is 9.10. The molecule has 0 aliphatic heterocycles. The van der Waals surface area contributed by atoms with Crippen molar-refractivity contribution < 1.29 is 24.5 Å². The number of rotatable bonds is 14. The number of carbonyl (C=O) groups is 2. The van der Waals surface area contributed by atoms with E-state index in [0.29, 0.717) is 19.6 Å². The second-order valence-corrected chi connectivity index (χ2v) is 9.32. The highest BCUT2D eigenvalue weighted by Crippen LogP contribution is 2.21. The van der Waals surface area contributed by atoms with Crippen molar-refractivity contribution in [1.82, 2.24) is 4.90 Å².